The van der Waals surface area contributed by atoms with Crippen molar-refractivity contribution in [1.29, 1.82) is 0 Å². The van der Waals surface area contributed by atoms with Gasteiger partial charge in [-0.05, 0) is 69.7 Å². The molecule has 38 heavy (non-hydrogen) atoms. The molecule has 3 nitrogen and oxygen atoms in total. The van der Waals surface area contributed by atoms with E-state index in [2.05, 4.69) is 36.2 Å². The van der Waals surface area contributed by atoms with Crippen molar-refractivity contribution < 1.29 is 14.0 Å². The van der Waals surface area contributed by atoms with Crippen LogP contribution >= 0.6 is 11.3 Å². The Kier molecular flexibility index (Phi) is 4.96. The summed E-state index contributed by atoms with van der Waals surface area (Å²) in [6, 6.07) is 28.7. The van der Waals surface area contributed by atoms with Crippen molar-refractivity contribution in [2.24, 2.45) is 0 Å². The third-order valence-corrected chi connectivity index (χ3v) is 12.2. The van der Waals surface area contributed by atoms with E-state index in [1.807, 2.05) is 60.7 Å². The Morgan fingerprint density at radius 1 is 0.737 bits per heavy atom. The average Bonchev–Trinajstić information content (AvgIpc) is 3.46. The number of rotatable bonds is 2. The number of anilines is 3. The van der Waals surface area contributed by atoms with Gasteiger partial charge in [0, 0.05) is 27.4 Å². The highest BCUT2D eigenvalue weighted by atomic mass is 32.1. The van der Waals surface area contributed by atoms with Crippen LogP contribution in [0, 0.1) is 5.82 Å². The molecule has 0 saturated heterocycles. The zero-order valence-electron chi connectivity index (χ0n) is 20.8. The van der Waals surface area contributed by atoms with Crippen LogP contribution in [0.25, 0.3) is 16.8 Å². The Morgan fingerprint density at radius 3 is 2.08 bits per heavy atom. The predicted molar refractivity (Wildman–Crippen MR) is 156 cm³/mol. The fourth-order valence-electron chi connectivity index (χ4n) is 5.75. The van der Waals surface area contributed by atoms with E-state index in [4.69, 9.17) is 0 Å². The quantitative estimate of drug-likeness (QED) is 0.138. The van der Waals surface area contributed by atoms with Gasteiger partial charge in [-0.2, -0.15) is 0 Å². The largest absolute Gasteiger partial charge is 0.302 e. The third-order valence-electron chi connectivity index (χ3n) is 7.68. The van der Waals surface area contributed by atoms with Gasteiger partial charge in [0.2, 0.25) is 0 Å². The molecule has 0 amide bonds. The van der Waals surface area contributed by atoms with Crippen LogP contribution in [0.5, 0.6) is 0 Å². The number of allylic oxidation sites excluding steroid dienone is 1. The van der Waals surface area contributed by atoms with Crippen LogP contribution < -0.4 is 15.3 Å². The van der Waals surface area contributed by atoms with Gasteiger partial charge < -0.3 is 4.90 Å². The molecule has 2 aliphatic rings. The van der Waals surface area contributed by atoms with Gasteiger partial charge in [0.05, 0.1) is 5.57 Å². The first-order chi connectivity index (χ1) is 18.3. The number of nitrogens with zero attached hydrogens (tertiary/aromatic N) is 1. The third kappa shape index (κ3) is 3.30. The van der Waals surface area contributed by atoms with Crippen molar-refractivity contribution in [2.75, 3.05) is 4.90 Å². The van der Waals surface area contributed by atoms with Crippen LogP contribution in [0.3, 0.4) is 0 Å². The van der Waals surface area contributed by atoms with E-state index in [-0.39, 0.29) is 23.0 Å². The summed E-state index contributed by atoms with van der Waals surface area (Å²) in [6.45, 7) is 4.59. The molecule has 0 fully saturated rings. The van der Waals surface area contributed by atoms with Crippen molar-refractivity contribution >= 4 is 74.6 Å². The molecule has 184 valence electrons. The number of Topliss-reactive ketones (excluding diaryl/α,β-unsaturated/α-hetero) is 2. The molecule has 4 aromatic carbocycles. The second-order valence-electron chi connectivity index (χ2n) is 10.3. The summed E-state index contributed by atoms with van der Waals surface area (Å²) in [5.74, 6) is -0.757. The summed E-state index contributed by atoms with van der Waals surface area (Å²) in [7, 11) is -2.03. The molecule has 0 atom stereocenters. The molecule has 0 saturated carbocycles. The summed E-state index contributed by atoms with van der Waals surface area (Å²) in [5.41, 5.74) is 3.00. The zero-order chi connectivity index (χ0) is 26.2. The van der Waals surface area contributed by atoms with Gasteiger partial charge in [0.1, 0.15) is 18.9 Å². The van der Waals surface area contributed by atoms with Crippen molar-refractivity contribution in [3.63, 3.8) is 0 Å². The Labute approximate surface area is 224 Å². The Morgan fingerprint density at radius 2 is 1.37 bits per heavy atom. The molecule has 0 unspecified atom stereocenters. The topological polar surface area (TPSA) is 37.4 Å². The highest BCUT2D eigenvalue weighted by Crippen LogP contribution is 2.42. The first-order valence-corrected chi connectivity index (χ1v) is 16.3. The number of hydrogen-bond acceptors (Lipinski definition) is 4. The lowest BCUT2D eigenvalue weighted by molar-refractivity contribution is 0.0990. The highest BCUT2D eigenvalue weighted by Gasteiger charge is 2.39. The lowest BCUT2D eigenvalue weighted by Gasteiger charge is -2.40. The second kappa shape index (κ2) is 8.18. The van der Waals surface area contributed by atoms with Gasteiger partial charge in [-0.1, -0.05) is 61.6 Å². The van der Waals surface area contributed by atoms with Gasteiger partial charge in [0.25, 0.3) is 0 Å². The van der Waals surface area contributed by atoms with Gasteiger partial charge in [0.15, 0.2) is 11.6 Å². The minimum atomic E-state index is -2.03. The van der Waals surface area contributed by atoms with Gasteiger partial charge in [-0.15, -0.1) is 11.3 Å². The first kappa shape index (κ1) is 23.0. The molecule has 1 aromatic heterocycles. The fraction of sp³-hybridized carbons (Fsp3) is 0.0625. The zero-order valence-corrected chi connectivity index (χ0v) is 22.6. The summed E-state index contributed by atoms with van der Waals surface area (Å²) in [5, 5.41) is 5.24. The average molecular weight is 532 g/mol. The smallest absolute Gasteiger partial charge is 0.197 e. The molecule has 1 aliphatic heterocycles. The summed E-state index contributed by atoms with van der Waals surface area (Å²) in [6.07, 6.45) is 1.70. The van der Waals surface area contributed by atoms with E-state index in [0.29, 0.717) is 11.1 Å². The maximum absolute atomic E-state index is 14.5. The monoisotopic (exact) mass is 531 g/mol. The van der Waals surface area contributed by atoms with E-state index in [9.17, 15) is 14.0 Å². The number of carbonyl (C=O) groups is 2. The van der Waals surface area contributed by atoms with Crippen LogP contribution in [-0.2, 0) is 0 Å². The van der Waals surface area contributed by atoms with Gasteiger partial charge in [-0.3, -0.25) is 9.59 Å². The molecular weight excluding hydrogens is 510 g/mol. The highest BCUT2D eigenvalue weighted by molar-refractivity contribution is 7.17. The van der Waals surface area contributed by atoms with Crippen molar-refractivity contribution in [3.8, 4) is 0 Å². The first-order valence-electron chi connectivity index (χ1n) is 12.5. The SMILES string of the molecule is C[Si]1(C)c2ccccc2N(c2ccc(C=C3C(=O)c4cc5ccccc5cc4C3=O)s2)c2cc(F)ccc21. The molecule has 7 rings (SSSR count). The Bertz CT molecular complexity index is 1810. The molecule has 5 aromatic rings. The van der Waals surface area contributed by atoms with E-state index in [1.165, 1.54) is 21.7 Å². The van der Waals surface area contributed by atoms with Crippen LogP contribution in [0.4, 0.5) is 20.8 Å². The number of benzene rings is 4. The number of para-hydroxylation sites is 1. The number of halogens is 1. The Balaban J connectivity index is 1.32. The van der Waals surface area contributed by atoms with E-state index >= 15 is 0 Å². The van der Waals surface area contributed by atoms with Gasteiger partial charge >= 0.3 is 0 Å². The number of carbonyl (C=O) groups excluding carboxylic acids is 2. The molecule has 0 radical (unpaired) electrons. The van der Waals surface area contributed by atoms with Crippen molar-refractivity contribution in [3.05, 3.63) is 118 Å². The van der Waals surface area contributed by atoms with Crippen LogP contribution in [-0.4, -0.2) is 19.6 Å². The van der Waals surface area contributed by atoms with Crippen molar-refractivity contribution in [1.82, 2.24) is 0 Å². The minimum Gasteiger partial charge on any atom is -0.302 e. The lowest BCUT2D eigenvalue weighted by atomic mass is 10.0. The molecule has 0 N–H and O–H groups in total. The number of hydrogen-bond donors (Lipinski definition) is 0. The lowest BCUT2D eigenvalue weighted by Crippen LogP contribution is -2.58. The minimum absolute atomic E-state index is 0.183. The van der Waals surface area contributed by atoms with E-state index in [1.54, 1.807) is 18.2 Å². The molecule has 2 heterocycles. The van der Waals surface area contributed by atoms with Crippen molar-refractivity contribution in [2.45, 2.75) is 13.1 Å². The molecular formula is C32H22FNO2SSi. The van der Waals surface area contributed by atoms with Gasteiger partial charge in [-0.25, -0.2) is 4.39 Å². The van der Waals surface area contributed by atoms with Crippen LogP contribution in [0.1, 0.15) is 25.6 Å². The molecule has 0 spiro atoms. The number of thiophene rings is 1. The summed E-state index contributed by atoms with van der Waals surface area (Å²) in [4.78, 5) is 29.4. The molecule has 1 aliphatic carbocycles. The Hall–Kier alpha value is -4.13. The van der Waals surface area contributed by atoms with Crippen LogP contribution in [0.15, 0.2) is 96.6 Å². The fourth-order valence-corrected chi connectivity index (χ4v) is 9.69. The number of ketones is 2. The van der Waals surface area contributed by atoms with Crippen LogP contribution in [0.2, 0.25) is 13.1 Å². The maximum Gasteiger partial charge on any atom is 0.197 e. The summed E-state index contributed by atoms with van der Waals surface area (Å²) >= 11 is 1.48. The standard InChI is InChI=1S/C32H22FNO2SSi/c1-38(2)28-10-6-5-9-26(28)34(27-17-21(33)11-13-29(27)38)30-14-12-22(37-30)18-25-31(35)23-15-19-7-3-4-8-20(19)16-24(23)32(25)36/h3-18H,1-2H3. The molecule has 6 heteroatoms. The second-order valence-corrected chi connectivity index (χ2v) is 15.7. The summed E-state index contributed by atoms with van der Waals surface area (Å²) < 4.78 is 14.5. The van der Waals surface area contributed by atoms with E-state index in [0.717, 1.165) is 32.0 Å². The maximum atomic E-state index is 14.5. The molecule has 0 bridgehead atoms. The number of fused-ring (bicyclic) bond motifs is 4. The van der Waals surface area contributed by atoms with E-state index < -0.39 is 8.07 Å². The predicted octanol–water partition coefficient (Wildman–Crippen LogP) is 7.11. The normalized spacial score (nSPS) is 15.4.